The van der Waals surface area contributed by atoms with Crippen LogP contribution in [0.3, 0.4) is 0 Å². The van der Waals surface area contributed by atoms with E-state index in [1.807, 2.05) is 0 Å². The zero-order valence-corrected chi connectivity index (χ0v) is 12.8. The minimum absolute atomic E-state index is 0.196. The summed E-state index contributed by atoms with van der Waals surface area (Å²) in [6.07, 6.45) is -0.116. The van der Waals surface area contributed by atoms with Crippen LogP contribution in [0.5, 0.6) is 5.75 Å². The average Bonchev–Trinajstić information content (AvgIpc) is 2.37. The van der Waals surface area contributed by atoms with Crippen LogP contribution in [0.2, 0.25) is 0 Å². The van der Waals surface area contributed by atoms with Crippen molar-refractivity contribution in [3.63, 3.8) is 0 Å². The maximum atomic E-state index is 11.4. The number of alkyl carbamates (subject to hydrolysis) is 1. The quantitative estimate of drug-likeness (QED) is 0.588. The third-order valence-corrected chi connectivity index (χ3v) is 2.38. The molecule has 0 bridgehead atoms. The largest absolute Gasteiger partial charge is 0.507 e. The number of benzene rings is 1. The Balaban J connectivity index is 2.50. The second-order valence-corrected chi connectivity index (χ2v) is 5.52. The van der Waals surface area contributed by atoms with Crippen molar-refractivity contribution >= 4 is 12.1 Å². The summed E-state index contributed by atoms with van der Waals surface area (Å²) in [5.74, 6) is 4.07. The van der Waals surface area contributed by atoms with Crippen LogP contribution in [0, 0.1) is 11.8 Å². The summed E-state index contributed by atoms with van der Waals surface area (Å²) in [6, 6.07) is 4.11. The van der Waals surface area contributed by atoms with E-state index in [0.717, 1.165) is 0 Å². The Hall–Kier alpha value is -2.68. The summed E-state index contributed by atoms with van der Waals surface area (Å²) in [6.45, 7) is 5.65. The summed E-state index contributed by atoms with van der Waals surface area (Å²) in [5, 5.41) is 20.8. The molecule has 0 aliphatic rings. The molecular formula is C16H19NO5. The highest BCUT2D eigenvalue weighted by atomic mass is 16.6. The monoisotopic (exact) mass is 305 g/mol. The fourth-order valence-corrected chi connectivity index (χ4v) is 1.49. The van der Waals surface area contributed by atoms with Crippen molar-refractivity contribution in [1.29, 1.82) is 0 Å². The van der Waals surface area contributed by atoms with Crippen molar-refractivity contribution in [2.24, 2.45) is 0 Å². The van der Waals surface area contributed by atoms with Gasteiger partial charge in [-0.2, -0.15) is 0 Å². The van der Waals surface area contributed by atoms with Crippen molar-refractivity contribution in [2.45, 2.75) is 32.8 Å². The van der Waals surface area contributed by atoms with Gasteiger partial charge in [-0.1, -0.05) is 11.8 Å². The van der Waals surface area contributed by atoms with Gasteiger partial charge in [0.05, 0.1) is 0 Å². The SMILES string of the molecule is CC(C)(C)OC(=O)NCCC#Cc1ccc(O)c(C(=O)O)c1. The molecule has 0 heterocycles. The minimum Gasteiger partial charge on any atom is -0.507 e. The number of hydrogen-bond donors (Lipinski definition) is 3. The second-order valence-electron chi connectivity index (χ2n) is 5.52. The van der Waals surface area contributed by atoms with Crippen LogP contribution >= 0.6 is 0 Å². The molecule has 0 saturated heterocycles. The van der Waals surface area contributed by atoms with Crippen LogP contribution in [0.1, 0.15) is 43.1 Å². The van der Waals surface area contributed by atoms with Gasteiger partial charge >= 0.3 is 12.1 Å². The van der Waals surface area contributed by atoms with E-state index in [1.54, 1.807) is 20.8 Å². The lowest BCUT2D eigenvalue weighted by Crippen LogP contribution is -2.32. The fraction of sp³-hybridized carbons (Fsp3) is 0.375. The number of carbonyl (C=O) groups is 2. The van der Waals surface area contributed by atoms with Crippen LogP contribution in [0.4, 0.5) is 4.79 Å². The van der Waals surface area contributed by atoms with Gasteiger partial charge in [0.15, 0.2) is 0 Å². The van der Waals surface area contributed by atoms with Crippen molar-refractivity contribution in [3.05, 3.63) is 29.3 Å². The number of nitrogens with one attached hydrogen (secondary N) is 1. The number of ether oxygens (including phenoxy) is 1. The van der Waals surface area contributed by atoms with E-state index in [2.05, 4.69) is 17.2 Å². The van der Waals surface area contributed by atoms with E-state index in [9.17, 15) is 14.7 Å². The van der Waals surface area contributed by atoms with Gasteiger partial charge < -0.3 is 20.3 Å². The number of hydrogen-bond acceptors (Lipinski definition) is 4. The van der Waals surface area contributed by atoms with Crippen LogP contribution in [0.15, 0.2) is 18.2 Å². The second kappa shape index (κ2) is 7.36. The first-order chi connectivity index (χ1) is 10.2. The van der Waals surface area contributed by atoms with E-state index in [0.29, 0.717) is 18.5 Å². The Morgan fingerprint density at radius 1 is 1.32 bits per heavy atom. The summed E-state index contributed by atoms with van der Waals surface area (Å²) >= 11 is 0. The number of rotatable bonds is 3. The molecule has 1 rings (SSSR count). The molecule has 6 heteroatoms. The Morgan fingerprint density at radius 2 is 2.00 bits per heavy atom. The summed E-state index contributed by atoms with van der Waals surface area (Å²) in [5.41, 5.74) is -0.263. The number of aromatic carboxylic acids is 1. The molecular weight excluding hydrogens is 286 g/mol. The number of carboxylic acid groups (broad SMARTS) is 1. The molecule has 0 unspecified atom stereocenters. The van der Waals surface area contributed by atoms with Gasteiger partial charge in [0.1, 0.15) is 16.9 Å². The molecule has 1 aromatic carbocycles. The molecule has 1 aromatic rings. The van der Waals surface area contributed by atoms with E-state index in [-0.39, 0.29) is 11.3 Å². The van der Waals surface area contributed by atoms with Crippen molar-refractivity contribution in [2.75, 3.05) is 6.54 Å². The molecule has 3 N–H and O–H groups in total. The van der Waals surface area contributed by atoms with Crippen LogP contribution in [0.25, 0.3) is 0 Å². The zero-order valence-electron chi connectivity index (χ0n) is 12.8. The molecule has 22 heavy (non-hydrogen) atoms. The Kier molecular flexibility index (Phi) is 5.81. The normalized spacial score (nSPS) is 10.3. The third kappa shape index (κ3) is 6.18. The molecule has 0 radical (unpaired) electrons. The molecule has 0 aliphatic heterocycles. The van der Waals surface area contributed by atoms with E-state index in [4.69, 9.17) is 9.84 Å². The lowest BCUT2D eigenvalue weighted by molar-refractivity contribution is 0.0528. The van der Waals surface area contributed by atoms with Crippen molar-refractivity contribution < 1.29 is 24.5 Å². The summed E-state index contributed by atoms with van der Waals surface area (Å²) in [7, 11) is 0. The van der Waals surface area contributed by atoms with Crippen LogP contribution in [-0.4, -0.2) is 34.4 Å². The predicted molar refractivity (Wildman–Crippen MR) is 80.8 cm³/mol. The molecule has 0 aliphatic carbocycles. The van der Waals surface area contributed by atoms with Gasteiger partial charge in [0, 0.05) is 18.5 Å². The van der Waals surface area contributed by atoms with E-state index < -0.39 is 17.7 Å². The van der Waals surface area contributed by atoms with Gasteiger partial charge in [-0.15, -0.1) is 0 Å². The highest BCUT2D eigenvalue weighted by Gasteiger charge is 2.15. The number of phenols is 1. The smallest absolute Gasteiger partial charge is 0.407 e. The third-order valence-electron chi connectivity index (χ3n) is 2.38. The minimum atomic E-state index is -1.22. The molecule has 118 valence electrons. The van der Waals surface area contributed by atoms with Crippen LogP contribution < -0.4 is 5.32 Å². The summed E-state index contributed by atoms with van der Waals surface area (Å²) < 4.78 is 5.07. The predicted octanol–water partition coefficient (Wildman–Crippen LogP) is 2.36. The van der Waals surface area contributed by atoms with E-state index >= 15 is 0 Å². The lowest BCUT2D eigenvalue weighted by atomic mass is 10.1. The van der Waals surface area contributed by atoms with E-state index in [1.165, 1.54) is 18.2 Å². The first-order valence-electron chi connectivity index (χ1n) is 6.71. The topological polar surface area (TPSA) is 95.9 Å². The Morgan fingerprint density at radius 3 is 2.59 bits per heavy atom. The first kappa shape index (κ1) is 17.4. The van der Waals surface area contributed by atoms with Crippen molar-refractivity contribution in [1.82, 2.24) is 5.32 Å². The first-order valence-corrected chi connectivity index (χ1v) is 6.71. The van der Waals surface area contributed by atoms with Gasteiger partial charge in [-0.25, -0.2) is 9.59 Å². The molecule has 0 aromatic heterocycles. The van der Waals surface area contributed by atoms with Gasteiger partial charge in [-0.3, -0.25) is 0 Å². The molecule has 0 atom stereocenters. The van der Waals surface area contributed by atoms with Gasteiger partial charge in [0.2, 0.25) is 0 Å². The van der Waals surface area contributed by atoms with Crippen LogP contribution in [-0.2, 0) is 4.74 Å². The number of amides is 1. The maximum Gasteiger partial charge on any atom is 0.407 e. The maximum absolute atomic E-state index is 11.4. The van der Waals surface area contributed by atoms with Gasteiger partial charge in [0.25, 0.3) is 0 Å². The number of carbonyl (C=O) groups excluding carboxylic acids is 1. The molecule has 0 fully saturated rings. The highest BCUT2D eigenvalue weighted by molar-refractivity contribution is 5.91. The lowest BCUT2D eigenvalue weighted by Gasteiger charge is -2.19. The molecule has 6 nitrogen and oxygen atoms in total. The zero-order chi connectivity index (χ0) is 16.8. The van der Waals surface area contributed by atoms with Crippen molar-refractivity contribution in [3.8, 4) is 17.6 Å². The Labute approximate surface area is 129 Å². The summed E-state index contributed by atoms with van der Waals surface area (Å²) in [4.78, 5) is 22.2. The molecule has 1 amide bonds. The number of carboxylic acids is 1. The number of aromatic hydroxyl groups is 1. The Bertz CT molecular complexity index is 620. The highest BCUT2D eigenvalue weighted by Crippen LogP contribution is 2.17. The molecule has 0 spiro atoms. The standard InChI is InChI=1S/C16H19NO5/c1-16(2,3)22-15(21)17-9-5-4-6-11-7-8-13(18)12(10-11)14(19)20/h7-8,10,18H,5,9H2,1-3H3,(H,17,21)(H,19,20). The fourth-order valence-electron chi connectivity index (χ4n) is 1.49. The molecule has 0 saturated carbocycles. The van der Waals surface area contributed by atoms with Gasteiger partial charge in [-0.05, 0) is 39.0 Å². The average molecular weight is 305 g/mol.